The maximum absolute atomic E-state index is 12.6. The Morgan fingerprint density at radius 2 is 1.91 bits per heavy atom. The minimum absolute atomic E-state index is 0.0405. The van der Waals surface area contributed by atoms with Crippen LogP contribution in [0.15, 0.2) is 0 Å². The van der Waals surface area contributed by atoms with E-state index in [0.29, 0.717) is 13.0 Å². The second kappa shape index (κ2) is 5.49. The number of nitrogens with zero attached hydrogens (tertiary/aromatic N) is 1. The van der Waals surface area contributed by atoms with Gasteiger partial charge in [0.15, 0.2) is 0 Å². The number of halogens is 1. The largest absolute Gasteiger partial charge is 0.326 e. The second-order valence-electron chi connectivity index (χ2n) is 2.81. The minimum Gasteiger partial charge on any atom is -0.326 e. The van der Waals surface area contributed by atoms with Crippen LogP contribution < -0.4 is 5.73 Å². The standard InChI is InChI=1S/C6H13FN2.C2H6/c1-9-3-5(7)2-6(8)4-9;1-2/h5-6H,2-4,8H2,1H3;1-2H3. The Balaban J connectivity index is 0.000000461. The summed E-state index contributed by atoms with van der Waals surface area (Å²) in [5.74, 6) is 0. The van der Waals surface area contributed by atoms with E-state index in [1.807, 2.05) is 25.8 Å². The molecule has 1 heterocycles. The molecule has 0 aromatic carbocycles. The van der Waals surface area contributed by atoms with Crippen LogP contribution in [0.4, 0.5) is 4.39 Å². The van der Waals surface area contributed by atoms with Crippen LogP contribution >= 0.6 is 0 Å². The summed E-state index contributed by atoms with van der Waals surface area (Å²) in [6.45, 7) is 5.38. The van der Waals surface area contributed by atoms with Gasteiger partial charge in [0, 0.05) is 19.1 Å². The lowest BCUT2D eigenvalue weighted by Crippen LogP contribution is -2.45. The predicted octanol–water partition coefficient (Wildman–Crippen LogP) is 1.01. The van der Waals surface area contributed by atoms with E-state index in [1.54, 1.807) is 0 Å². The number of alkyl halides is 1. The summed E-state index contributed by atoms with van der Waals surface area (Å²) < 4.78 is 12.6. The van der Waals surface area contributed by atoms with Gasteiger partial charge in [0.1, 0.15) is 6.17 Å². The molecule has 1 saturated heterocycles. The Hall–Kier alpha value is -0.150. The van der Waals surface area contributed by atoms with E-state index < -0.39 is 6.17 Å². The van der Waals surface area contributed by atoms with E-state index in [0.717, 1.165) is 6.54 Å². The molecular formula is C8H19FN2. The number of hydrogen-bond acceptors (Lipinski definition) is 2. The zero-order valence-electron chi connectivity index (χ0n) is 7.68. The Kier molecular flexibility index (Phi) is 5.42. The Morgan fingerprint density at radius 1 is 1.36 bits per heavy atom. The van der Waals surface area contributed by atoms with Crippen molar-refractivity contribution in [3.8, 4) is 0 Å². The zero-order chi connectivity index (χ0) is 8.85. The molecule has 0 spiro atoms. The fraction of sp³-hybridized carbons (Fsp3) is 1.00. The average Bonchev–Trinajstić information content (AvgIpc) is 1.88. The van der Waals surface area contributed by atoms with Gasteiger partial charge in [0.25, 0.3) is 0 Å². The number of likely N-dealkylation sites (N-methyl/N-ethyl adjacent to an activating group) is 1. The van der Waals surface area contributed by atoms with Crippen molar-refractivity contribution in [3.63, 3.8) is 0 Å². The first kappa shape index (κ1) is 10.8. The van der Waals surface area contributed by atoms with Crippen molar-refractivity contribution in [1.29, 1.82) is 0 Å². The number of hydrogen-bond donors (Lipinski definition) is 1. The third kappa shape index (κ3) is 4.32. The molecule has 2 unspecified atom stereocenters. The summed E-state index contributed by atoms with van der Waals surface area (Å²) in [4.78, 5) is 1.93. The molecule has 68 valence electrons. The molecular weight excluding hydrogens is 143 g/mol. The molecule has 2 nitrogen and oxygen atoms in total. The van der Waals surface area contributed by atoms with Gasteiger partial charge in [0.2, 0.25) is 0 Å². The van der Waals surface area contributed by atoms with Crippen LogP contribution in [-0.2, 0) is 0 Å². The molecule has 3 heteroatoms. The number of nitrogens with two attached hydrogens (primary N) is 1. The smallest absolute Gasteiger partial charge is 0.114 e. The summed E-state index contributed by atoms with van der Waals surface area (Å²) >= 11 is 0. The summed E-state index contributed by atoms with van der Waals surface area (Å²) in [5.41, 5.74) is 5.53. The van der Waals surface area contributed by atoms with Crippen LogP contribution in [0.25, 0.3) is 0 Å². The zero-order valence-corrected chi connectivity index (χ0v) is 7.68. The van der Waals surface area contributed by atoms with Crippen LogP contribution in [0.3, 0.4) is 0 Å². The first-order chi connectivity index (χ1) is 5.18. The van der Waals surface area contributed by atoms with Crippen LogP contribution in [0.1, 0.15) is 20.3 Å². The van der Waals surface area contributed by atoms with E-state index >= 15 is 0 Å². The molecule has 0 radical (unpaired) electrons. The van der Waals surface area contributed by atoms with Gasteiger partial charge in [-0.3, -0.25) is 0 Å². The topological polar surface area (TPSA) is 29.3 Å². The predicted molar refractivity (Wildman–Crippen MR) is 46.3 cm³/mol. The molecule has 2 atom stereocenters. The van der Waals surface area contributed by atoms with Crippen molar-refractivity contribution in [2.24, 2.45) is 5.73 Å². The van der Waals surface area contributed by atoms with E-state index in [9.17, 15) is 4.39 Å². The maximum atomic E-state index is 12.6. The summed E-state index contributed by atoms with van der Waals surface area (Å²) in [5, 5.41) is 0. The van der Waals surface area contributed by atoms with Gasteiger partial charge < -0.3 is 10.6 Å². The van der Waals surface area contributed by atoms with Gasteiger partial charge in [-0.15, -0.1) is 0 Å². The highest BCUT2D eigenvalue weighted by Gasteiger charge is 2.21. The minimum atomic E-state index is -0.709. The highest BCUT2D eigenvalue weighted by molar-refractivity contribution is 4.78. The third-order valence-corrected chi connectivity index (χ3v) is 1.61. The first-order valence-corrected chi connectivity index (χ1v) is 4.26. The number of likely N-dealkylation sites (tertiary alicyclic amines) is 1. The van der Waals surface area contributed by atoms with Crippen molar-refractivity contribution in [2.45, 2.75) is 32.5 Å². The average molecular weight is 162 g/mol. The van der Waals surface area contributed by atoms with Gasteiger partial charge >= 0.3 is 0 Å². The third-order valence-electron chi connectivity index (χ3n) is 1.61. The molecule has 0 aromatic heterocycles. The molecule has 1 fully saturated rings. The van der Waals surface area contributed by atoms with Crippen molar-refractivity contribution in [2.75, 3.05) is 20.1 Å². The molecule has 0 saturated carbocycles. The highest BCUT2D eigenvalue weighted by Crippen LogP contribution is 2.09. The fourth-order valence-corrected chi connectivity index (χ4v) is 1.29. The van der Waals surface area contributed by atoms with Crippen molar-refractivity contribution >= 4 is 0 Å². The van der Waals surface area contributed by atoms with Gasteiger partial charge in [-0.1, -0.05) is 13.8 Å². The van der Waals surface area contributed by atoms with Gasteiger partial charge in [-0.25, -0.2) is 4.39 Å². The number of piperidine rings is 1. The molecule has 0 aromatic rings. The molecule has 1 rings (SSSR count). The van der Waals surface area contributed by atoms with Gasteiger partial charge in [-0.05, 0) is 13.5 Å². The summed E-state index contributed by atoms with van der Waals surface area (Å²) in [6, 6.07) is 0.0405. The van der Waals surface area contributed by atoms with Crippen LogP contribution in [0, 0.1) is 0 Å². The normalized spacial score (nSPS) is 32.5. The van der Waals surface area contributed by atoms with E-state index in [4.69, 9.17) is 5.73 Å². The molecule has 1 aliphatic heterocycles. The second-order valence-corrected chi connectivity index (χ2v) is 2.81. The van der Waals surface area contributed by atoms with Crippen LogP contribution in [-0.4, -0.2) is 37.3 Å². The lowest BCUT2D eigenvalue weighted by molar-refractivity contribution is 0.147. The maximum Gasteiger partial charge on any atom is 0.114 e. The Labute approximate surface area is 68.6 Å². The van der Waals surface area contributed by atoms with Gasteiger partial charge in [-0.2, -0.15) is 0 Å². The van der Waals surface area contributed by atoms with Crippen molar-refractivity contribution < 1.29 is 4.39 Å². The molecule has 0 amide bonds. The molecule has 1 aliphatic rings. The lowest BCUT2D eigenvalue weighted by Gasteiger charge is -2.29. The quantitative estimate of drug-likeness (QED) is 0.576. The van der Waals surface area contributed by atoms with E-state index in [2.05, 4.69) is 0 Å². The highest BCUT2D eigenvalue weighted by atomic mass is 19.1. The molecule has 0 bridgehead atoms. The first-order valence-electron chi connectivity index (χ1n) is 4.26. The van der Waals surface area contributed by atoms with E-state index in [1.165, 1.54) is 0 Å². The molecule has 2 N–H and O–H groups in total. The Bertz CT molecular complexity index is 73.1. The van der Waals surface area contributed by atoms with Crippen LogP contribution in [0.2, 0.25) is 0 Å². The number of rotatable bonds is 0. The monoisotopic (exact) mass is 162 g/mol. The fourth-order valence-electron chi connectivity index (χ4n) is 1.29. The van der Waals surface area contributed by atoms with Crippen molar-refractivity contribution in [1.82, 2.24) is 4.90 Å². The summed E-state index contributed by atoms with van der Waals surface area (Å²) in [7, 11) is 1.89. The lowest BCUT2D eigenvalue weighted by atomic mass is 10.1. The Morgan fingerprint density at radius 3 is 2.27 bits per heavy atom. The van der Waals surface area contributed by atoms with Gasteiger partial charge in [0.05, 0.1) is 0 Å². The molecule has 11 heavy (non-hydrogen) atoms. The molecule has 0 aliphatic carbocycles. The van der Waals surface area contributed by atoms with Crippen molar-refractivity contribution in [3.05, 3.63) is 0 Å². The summed E-state index contributed by atoms with van der Waals surface area (Å²) in [6.07, 6.45) is -0.177. The van der Waals surface area contributed by atoms with E-state index in [-0.39, 0.29) is 6.04 Å². The van der Waals surface area contributed by atoms with Crippen LogP contribution in [0.5, 0.6) is 0 Å². The SMILES string of the molecule is CC.CN1CC(N)CC(F)C1.